The van der Waals surface area contributed by atoms with E-state index < -0.39 is 0 Å². The van der Waals surface area contributed by atoms with Crippen molar-refractivity contribution in [1.82, 2.24) is 19.9 Å². The highest BCUT2D eigenvalue weighted by atomic mass is 19.1. The van der Waals surface area contributed by atoms with E-state index in [0.29, 0.717) is 17.0 Å². The molecule has 0 spiro atoms. The zero-order valence-corrected chi connectivity index (χ0v) is 15.7. The summed E-state index contributed by atoms with van der Waals surface area (Å²) in [4.78, 5) is 15.9. The van der Waals surface area contributed by atoms with Crippen molar-refractivity contribution in [2.24, 2.45) is 0 Å². The fraction of sp³-hybridized carbons (Fsp3) is 0.0870. The molecule has 1 unspecified atom stereocenters. The summed E-state index contributed by atoms with van der Waals surface area (Å²) in [5, 5.41) is 5.64. The Kier molecular flexibility index (Phi) is 4.17. The second-order valence-electron chi connectivity index (χ2n) is 6.95. The number of aromatic nitrogens is 4. The molecule has 0 radical (unpaired) electrons. The van der Waals surface area contributed by atoms with Gasteiger partial charge in [-0.3, -0.25) is 0 Å². The molecule has 2 aromatic heterocycles. The van der Waals surface area contributed by atoms with Crippen LogP contribution in [-0.4, -0.2) is 19.9 Å². The number of nitrogens with one attached hydrogen (secondary N) is 2. The van der Waals surface area contributed by atoms with Gasteiger partial charge in [0.05, 0.1) is 12.4 Å². The van der Waals surface area contributed by atoms with Crippen molar-refractivity contribution in [3.8, 4) is 11.1 Å². The Bertz CT molecular complexity index is 1330. The van der Waals surface area contributed by atoms with Crippen molar-refractivity contribution >= 4 is 27.8 Å². The van der Waals surface area contributed by atoms with E-state index in [-0.39, 0.29) is 11.9 Å². The molecule has 142 valence electrons. The van der Waals surface area contributed by atoms with Gasteiger partial charge in [-0.2, -0.15) is 0 Å². The minimum Gasteiger partial charge on any atom is -0.362 e. The monoisotopic (exact) mass is 383 g/mol. The molecule has 2 heterocycles. The van der Waals surface area contributed by atoms with Gasteiger partial charge in [0, 0.05) is 0 Å². The number of rotatable bonds is 4. The second-order valence-corrected chi connectivity index (χ2v) is 6.95. The first-order valence-electron chi connectivity index (χ1n) is 9.39. The number of H-pyrrole nitrogens is 1. The van der Waals surface area contributed by atoms with E-state index in [1.165, 1.54) is 12.4 Å². The summed E-state index contributed by atoms with van der Waals surface area (Å²) in [6.07, 6.45) is 3.10. The summed E-state index contributed by atoms with van der Waals surface area (Å²) in [6, 6.07) is 19.0. The second kappa shape index (κ2) is 6.98. The summed E-state index contributed by atoms with van der Waals surface area (Å²) in [5.74, 6) is 0.401. The summed E-state index contributed by atoms with van der Waals surface area (Å²) < 4.78 is 14.0. The SMILES string of the molecule is CC(Nc1ncnc2[nH]cnc12)c1ccc2ccccc2c1-c1cccc(F)c1. The van der Waals surface area contributed by atoms with E-state index in [2.05, 4.69) is 56.4 Å². The molecule has 1 atom stereocenters. The number of hydrogen-bond donors (Lipinski definition) is 2. The molecule has 0 bridgehead atoms. The largest absolute Gasteiger partial charge is 0.362 e. The van der Waals surface area contributed by atoms with Crippen molar-refractivity contribution in [3.05, 3.63) is 84.7 Å². The Hall–Kier alpha value is -3.80. The number of nitrogens with zero attached hydrogens (tertiary/aromatic N) is 3. The maximum absolute atomic E-state index is 14.0. The van der Waals surface area contributed by atoms with Crippen LogP contribution in [0.5, 0.6) is 0 Å². The molecule has 0 saturated carbocycles. The molecular weight excluding hydrogens is 365 g/mol. The molecular formula is C23H18FN5. The Labute approximate surface area is 166 Å². The lowest BCUT2D eigenvalue weighted by atomic mass is 9.90. The van der Waals surface area contributed by atoms with Gasteiger partial charge in [-0.05, 0) is 46.5 Å². The van der Waals surface area contributed by atoms with Crippen molar-refractivity contribution in [1.29, 1.82) is 0 Å². The molecule has 0 saturated heterocycles. The standard InChI is InChI=1S/C23H18FN5/c1-14(29-23-21-22(26-12-25-21)27-13-28-23)18-10-9-15-5-2-3-8-19(15)20(18)16-6-4-7-17(24)11-16/h2-14H,1H3,(H2,25,26,27,28,29). The number of fused-ring (bicyclic) bond motifs is 2. The number of anilines is 1. The van der Waals surface area contributed by atoms with Gasteiger partial charge in [-0.1, -0.05) is 48.5 Å². The lowest BCUT2D eigenvalue weighted by Crippen LogP contribution is -2.10. The maximum atomic E-state index is 14.0. The van der Waals surface area contributed by atoms with E-state index in [9.17, 15) is 4.39 Å². The molecule has 0 aliphatic heterocycles. The molecule has 5 rings (SSSR count). The lowest BCUT2D eigenvalue weighted by molar-refractivity contribution is 0.628. The predicted octanol–water partition coefficient (Wildman–Crippen LogP) is 5.49. The van der Waals surface area contributed by atoms with E-state index in [0.717, 1.165) is 27.5 Å². The highest BCUT2D eigenvalue weighted by Crippen LogP contribution is 2.36. The van der Waals surface area contributed by atoms with Gasteiger partial charge in [-0.25, -0.2) is 19.3 Å². The van der Waals surface area contributed by atoms with Crippen molar-refractivity contribution in [2.75, 3.05) is 5.32 Å². The first-order valence-corrected chi connectivity index (χ1v) is 9.39. The van der Waals surface area contributed by atoms with Crippen LogP contribution in [0.1, 0.15) is 18.5 Å². The zero-order chi connectivity index (χ0) is 19.8. The molecule has 0 aliphatic carbocycles. The predicted molar refractivity (Wildman–Crippen MR) is 113 cm³/mol. The van der Waals surface area contributed by atoms with Gasteiger partial charge in [0.2, 0.25) is 0 Å². The van der Waals surface area contributed by atoms with Crippen LogP contribution < -0.4 is 5.32 Å². The Balaban J connectivity index is 1.66. The number of benzene rings is 3. The molecule has 2 N–H and O–H groups in total. The molecule has 0 fully saturated rings. The topological polar surface area (TPSA) is 66.5 Å². The lowest BCUT2D eigenvalue weighted by Gasteiger charge is -2.21. The van der Waals surface area contributed by atoms with E-state index >= 15 is 0 Å². The molecule has 6 heteroatoms. The average Bonchev–Trinajstić information content (AvgIpc) is 3.23. The van der Waals surface area contributed by atoms with Crippen LogP contribution in [0.25, 0.3) is 33.1 Å². The van der Waals surface area contributed by atoms with Crippen LogP contribution in [0.15, 0.2) is 73.3 Å². The van der Waals surface area contributed by atoms with Crippen molar-refractivity contribution < 1.29 is 4.39 Å². The summed E-state index contributed by atoms with van der Waals surface area (Å²) in [7, 11) is 0. The van der Waals surface area contributed by atoms with E-state index in [4.69, 9.17) is 0 Å². The van der Waals surface area contributed by atoms with Crippen molar-refractivity contribution in [2.45, 2.75) is 13.0 Å². The summed E-state index contributed by atoms with van der Waals surface area (Å²) >= 11 is 0. The Morgan fingerprint density at radius 2 is 1.86 bits per heavy atom. The van der Waals surface area contributed by atoms with Crippen LogP contribution >= 0.6 is 0 Å². The van der Waals surface area contributed by atoms with Gasteiger partial charge in [0.15, 0.2) is 11.5 Å². The maximum Gasteiger partial charge on any atom is 0.162 e. The normalized spacial score (nSPS) is 12.3. The quantitative estimate of drug-likeness (QED) is 0.431. The zero-order valence-electron chi connectivity index (χ0n) is 15.7. The first-order chi connectivity index (χ1) is 14.2. The summed E-state index contributed by atoms with van der Waals surface area (Å²) in [5.41, 5.74) is 4.27. The highest BCUT2D eigenvalue weighted by Gasteiger charge is 2.17. The molecule has 29 heavy (non-hydrogen) atoms. The Morgan fingerprint density at radius 1 is 0.966 bits per heavy atom. The number of hydrogen-bond acceptors (Lipinski definition) is 4. The van der Waals surface area contributed by atoms with Gasteiger partial charge in [0.1, 0.15) is 17.7 Å². The van der Waals surface area contributed by atoms with Crippen LogP contribution in [0.2, 0.25) is 0 Å². The first kappa shape index (κ1) is 17.3. The molecule has 0 aliphatic rings. The Morgan fingerprint density at radius 3 is 2.76 bits per heavy atom. The third kappa shape index (κ3) is 3.08. The van der Waals surface area contributed by atoms with Gasteiger partial charge in [0.25, 0.3) is 0 Å². The average molecular weight is 383 g/mol. The third-order valence-corrected chi connectivity index (χ3v) is 5.11. The highest BCUT2D eigenvalue weighted by molar-refractivity contribution is 5.98. The fourth-order valence-electron chi connectivity index (χ4n) is 3.77. The van der Waals surface area contributed by atoms with Crippen LogP contribution in [0.3, 0.4) is 0 Å². The van der Waals surface area contributed by atoms with Gasteiger partial charge in [-0.15, -0.1) is 0 Å². The van der Waals surface area contributed by atoms with E-state index in [1.807, 2.05) is 18.2 Å². The minimum absolute atomic E-state index is 0.0901. The number of imidazole rings is 1. The van der Waals surface area contributed by atoms with E-state index in [1.54, 1.807) is 18.5 Å². The molecule has 3 aromatic carbocycles. The molecule has 5 nitrogen and oxygen atoms in total. The number of halogens is 1. The van der Waals surface area contributed by atoms with Crippen LogP contribution in [0.4, 0.5) is 10.2 Å². The minimum atomic E-state index is -0.254. The summed E-state index contributed by atoms with van der Waals surface area (Å²) in [6.45, 7) is 2.06. The smallest absolute Gasteiger partial charge is 0.162 e. The third-order valence-electron chi connectivity index (χ3n) is 5.11. The van der Waals surface area contributed by atoms with Gasteiger partial charge < -0.3 is 10.3 Å². The molecule has 0 amide bonds. The van der Waals surface area contributed by atoms with Crippen LogP contribution in [-0.2, 0) is 0 Å². The molecule has 5 aromatic rings. The fourth-order valence-corrected chi connectivity index (χ4v) is 3.77. The van der Waals surface area contributed by atoms with Gasteiger partial charge >= 0.3 is 0 Å². The van der Waals surface area contributed by atoms with Crippen LogP contribution in [0, 0.1) is 5.82 Å². The van der Waals surface area contributed by atoms with Crippen molar-refractivity contribution in [3.63, 3.8) is 0 Å². The number of aromatic amines is 1.